The number of benzene rings is 1. The minimum absolute atomic E-state index is 0. The van der Waals surface area contributed by atoms with Crippen molar-refractivity contribution >= 4 is 29.9 Å². The van der Waals surface area contributed by atoms with Gasteiger partial charge in [-0.3, -0.25) is 9.89 Å². The lowest BCUT2D eigenvalue weighted by atomic mass is 10.0. The minimum atomic E-state index is -0.203. The Balaban J connectivity index is 0.00000341. The first-order chi connectivity index (χ1) is 14.7. The quantitative estimate of drug-likeness (QED) is 0.221. The molecule has 2 atom stereocenters. The smallest absolute Gasteiger partial charge is 0.193 e. The number of halogens is 2. The van der Waals surface area contributed by atoms with Crippen molar-refractivity contribution in [2.24, 2.45) is 10.9 Å². The van der Waals surface area contributed by atoms with Crippen molar-refractivity contribution in [1.82, 2.24) is 15.1 Å². The normalized spacial score (nSPS) is 21.1. The number of ether oxygens (including phenoxy) is 3. The summed E-state index contributed by atoms with van der Waals surface area (Å²) in [5.74, 6) is 1.19. The second-order valence-corrected chi connectivity index (χ2v) is 7.82. The maximum Gasteiger partial charge on any atom is 0.193 e. The fourth-order valence-corrected chi connectivity index (χ4v) is 4.13. The van der Waals surface area contributed by atoms with Crippen LogP contribution < -0.4 is 5.32 Å². The molecule has 31 heavy (non-hydrogen) atoms. The van der Waals surface area contributed by atoms with Crippen LogP contribution in [0.2, 0.25) is 0 Å². The molecule has 7 nitrogen and oxygen atoms in total. The Hall–Kier alpha value is -1.01. The second kappa shape index (κ2) is 14.2. The van der Waals surface area contributed by atoms with Gasteiger partial charge in [0.1, 0.15) is 5.82 Å². The van der Waals surface area contributed by atoms with E-state index in [-0.39, 0.29) is 35.8 Å². The molecule has 1 N–H and O–H groups in total. The maximum atomic E-state index is 13.9. The van der Waals surface area contributed by atoms with Crippen LogP contribution in [0.1, 0.15) is 18.0 Å². The molecule has 2 unspecified atom stereocenters. The number of morpholine rings is 1. The van der Waals surface area contributed by atoms with E-state index in [2.05, 4.69) is 20.1 Å². The molecule has 3 rings (SSSR count). The number of methoxy groups -OCH3 is 1. The van der Waals surface area contributed by atoms with Gasteiger partial charge in [0.25, 0.3) is 0 Å². The zero-order valence-electron chi connectivity index (χ0n) is 18.6. The van der Waals surface area contributed by atoms with Crippen LogP contribution in [0.15, 0.2) is 29.3 Å². The standard InChI is InChI=1S/C22H35FN4O3.HI/c1-24-22(27-7-6-18(16-27)17-30-13-12-28-2)25-15-21(26-8-10-29-11-9-26)19-4-3-5-20(23)14-19;/h3-5,14,18,21H,6-13,15-17H2,1-2H3,(H,24,25);1H. The van der Waals surface area contributed by atoms with Gasteiger partial charge in [-0.1, -0.05) is 12.1 Å². The molecule has 9 heteroatoms. The summed E-state index contributed by atoms with van der Waals surface area (Å²) in [6, 6.07) is 6.97. The van der Waals surface area contributed by atoms with E-state index in [4.69, 9.17) is 14.2 Å². The zero-order valence-corrected chi connectivity index (χ0v) is 20.9. The highest BCUT2D eigenvalue weighted by atomic mass is 127. The lowest BCUT2D eigenvalue weighted by molar-refractivity contribution is 0.0168. The van der Waals surface area contributed by atoms with Gasteiger partial charge in [-0.2, -0.15) is 0 Å². The van der Waals surface area contributed by atoms with Crippen molar-refractivity contribution in [2.75, 3.05) is 79.9 Å². The Bertz CT molecular complexity index is 676. The number of hydrogen-bond acceptors (Lipinski definition) is 5. The van der Waals surface area contributed by atoms with E-state index in [0.29, 0.717) is 38.9 Å². The van der Waals surface area contributed by atoms with Gasteiger partial charge in [-0.25, -0.2) is 4.39 Å². The molecule has 2 heterocycles. The van der Waals surface area contributed by atoms with E-state index in [1.165, 1.54) is 6.07 Å². The predicted molar refractivity (Wildman–Crippen MR) is 131 cm³/mol. The molecule has 2 saturated heterocycles. The SMILES string of the molecule is CN=C(NCC(c1cccc(F)c1)N1CCOCC1)N1CCC(COCCOC)C1.I. The largest absolute Gasteiger partial charge is 0.382 e. The van der Waals surface area contributed by atoms with Gasteiger partial charge < -0.3 is 24.4 Å². The maximum absolute atomic E-state index is 13.9. The summed E-state index contributed by atoms with van der Waals surface area (Å²) in [6.45, 7) is 7.65. The molecule has 0 radical (unpaired) electrons. The number of likely N-dealkylation sites (tertiary alicyclic amines) is 1. The Morgan fingerprint density at radius 2 is 2.10 bits per heavy atom. The van der Waals surface area contributed by atoms with Crippen LogP contribution in [0.5, 0.6) is 0 Å². The summed E-state index contributed by atoms with van der Waals surface area (Å²) in [6.07, 6.45) is 1.09. The molecule has 0 amide bonds. The molecule has 2 fully saturated rings. The molecule has 176 valence electrons. The minimum Gasteiger partial charge on any atom is -0.382 e. The van der Waals surface area contributed by atoms with Crippen LogP contribution >= 0.6 is 24.0 Å². The lowest BCUT2D eigenvalue weighted by Crippen LogP contribution is -2.47. The third-order valence-electron chi connectivity index (χ3n) is 5.76. The Kier molecular flexibility index (Phi) is 12.0. The van der Waals surface area contributed by atoms with Crippen LogP contribution in [0.3, 0.4) is 0 Å². The van der Waals surface area contributed by atoms with E-state index in [9.17, 15) is 4.39 Å². The highest BCUT2D eigenvalue weighted by Gasteiger charge is 2.27. The Morgan fingerprint density at radius 1 is 1.29 bits per heavy atom. The number of aliphatic imine (C=N–C) groups is 1. The van der Waals surface area contributed by atoms with Crippen LogP contribution in [0.4, 0.5) is 4.39 Å². The number of guanidine groups is 1. The van der Waals surface area contributed by atoms with Crippen molar-refractivity contribution in [1.29, 1.82) is 0 Å². The van der Waals surface area contributed by atoms with Gasteiger partial charge in [0.2, 0.25) is 0 Å². The van der Waals surface area contributed by atoms with E-state index in [0.717, 1.165) is 50.7 Å². The average Bonchev–Trinajstić information content (AvgIpc) is 3.24. The first-order valence-corrected chi connectivity index (χ1v) is 10.8. The van der Waals surface area contributed by atoms with Crippen LogP contribution in [0.25, 0.3) is 0 Å². The summed E-state index contributed by atoms with van der Waals surface area (Å²) < 4.78 is 30.1. The first-order valence-electron chi connectivity index (χ1n) is 10.8. The Labute approximate surface area is 202 Å². The van der Waals surface area contributed by atoms with Crippen LogP contribution in [0, 0.1) is 11.7 Å². The second-order valence-electron chi connectivity index (χ2n) is 7.82. The summed E-state index contributed by atoms with van der Waals surface area (Å²) in [4.78, 5) is 9.14. The predicted octanol–water partition coefficient (Wildman–Crippen LogP) is 2.38. The molecule has 2 aliphatic heterocycles. The van der Waals surface area contributed by atoms with E-state index < -0.39 is 0 Å². The van der Waals surface area contributed by atoms with Crippen LogP contribution in [-0.2, 0) is 14.2 Å². The fraction of sp³-hybridized carbons (Fsp3) is 0.682. The third-order valence-corrected chi connectivity index (χ3v) is 5.76. The summed E-state index contributed by atoms with van der Waals surface area (Å²) in [7, 11) is 3.50. The fourth-order valence-electron chi connectivity index (χ4n) is 4.13. The molecule has 1 aromatic carbocycles. The molecule has 0 spiro atoms. The van der Waals surface area contributed by atoms with Crippen molar-refractivity contribution < 1.29 is 18.6 Å². The first kappa shape index (κ1) is 26.2. The lowest BCUT2D eigenvalue weighted by Gasteiger charge is -2.35. The van der Waals surface area contributed by atoms with Gasteiger partial charge in [0, 0.05) is 52.8 Å². The number of hydrogen-bond donors (Lipinski definition) is 1. The van der Waals surface area contributed by atoms with Crippen LogP contribution in [-0.4, -0.2) is 95.7 Å². The summed E-state index contributed by atoms with van der Waals surface area (Å²) in [5, 5.41) is 3.53. The molecule has 0 bridgehead atoms. The molecule has 0 saturated carbocycles. The number of rotatable bonds is 9. The number of nitrogens with one attached hydrogen (secondary N) is 1. The molecule has 1 aromatic rings. The van der Waals surface area contributed by atoms with Crippen molar-refractivity contribution in [2.45, 2.75) is 12.5 Å². The molecular weight excluding hydrogens is 514 g/mol. The molecule has 0 aromatic heterocycles. The molecule has 2 aliphatic rings. The highest BCUT2D eigenvalue weighted by Crippen LogP contribution is 2.23. The number of nitrogens with zero attached hydrogens (tertiary/aromatic N) is 3. The third kappa shape index (κ3) is 8.12. The van der Waals surface area contributed by atoms with Gasteiger partial charge in [0.05, 0.1) is 39.1 Å². The van der Waals surface area contributed by atoms with E-state index in [1.807, 2.05) is 13.1 Å². The van der Waals surface area contributed by atoms with Crippen molar-refractivity contribution in [3.63, 3.8) is 0 Å². The highest BCUT2D eigenvalue weighted by molar-refractivity contribution is 14.0. The van der Waals surface area contributed by atoms with Crippen molar-refractivity contribution in [3.05, 3.63) is 35.6 Å². The van der Waals surface area contributed by atoms with E-state index >= 15 is 0 Å². The molecular formula is C22H36FIN4O3. The van der Waals surface area contributed by atoms with Gasteiger partial charge >= 0.3 is 0 Å². The Morgan fingerprint density at radius 3 is 2.81 bits per heavy atom. The van der Waals surface area contributed by atoms with Gasteiger partial charge in [0.15, 0.2) is 5.96 Å². The van der Waals surface area contributed by atoms with Gasteiger partial charge in [-0.05, 0) is 24.1 Å². The molecule has 0 aliphatic carbocycles. The topological polar surface area (TPSA) is 58.6 Å². The monoisotopic (exact) mass is 550 g/mol. The van der Waals surface area contributed by atoms with Gasteiger partial charge in [-0.15, -0.1) is 24.0 Å². The van der Waals surface area contributed by atoms with E-state index in [1.54, 1.807) is 19.2 Å². The summed E-state index contributed by atoms with van der Waals surface area (Å²) in [5.41, 5.74) is 0.977. The van der Waals surface area contributed by atoms with Crippen molar-refractivity contribution in [3.8, 4) is 0 Å². The summed E-state index contributed by atoms with van der Waals surface area (Å²) >= 11 is 0. The zero-order chi connectivity index (χ0) is 21.2. The average molecular weight is 550 g/mol.